The number of ketones is 1. The lowest BCUT2D eigenvalue weighted by Crippen LogP contribution is -2.25. The minimum absolute atomic E-state index is 0.0242. The highest BCUT2D eigenvalue weighted by Crippen LogP contribution is 2.29. The van der Waals surface area contributed by atoms with Crippen LogP contribution in [0.25, 0.3) is 10.8 Å². The second kappa shape index (κ2) is 5.88. The van der Waals surface area contributed by atoms with E-state index < -0.39 is 0 Å². The second-order valence-corrected chi connectivity index (χ2v) is 6.08. The molecule has 114 valence electrons. The maximum absolute atomic E-state index is 12.6. The SMILES string of the molecule is O=C(C[C@H]1CCc2ccccc2O1)c1ccc2ccccc2c1. The molecule has 0 saturated heterocycles. The molecule has 0 N–H and O–H groups in total. The normalized spacial score (nSPS) is 16.6. The molecule has 1 heterocycles. The number of hydrogen-bond donors (Lipinski definition) is 0. The topological polar surface area (TPSA) is 26.3 Å². The molecule has 0 fully saturated rings. The fourth-order valence-electron chi connectivity index (χ4n) is 3.21. The molecule has 0 saturated carbocycles. The van der Waals surface area contributed by atoms with E-state index in [1.807, 2.05) is 54.6 Å². The van der Waals surface area contributed by atoms with Gasteiger partial charge in [0.2, 0.25) is 0 Å². The van der Waals surface area contributed by atoms with Crippen molar-refractivity contribution in [2.45, 2.75) is 25.4 Å². The molecule has 0 amide bonds. The number of fused-ring (bicyclic) bond motifs is 2. The summed E-state index contributed by atoms with van der Waals surface area (Å²) in [5.74, 6) is 1.08. The van der Waals surface area contributed by atoms with Crippen LogP contribution in [0.2, 0.25) is 0 Å². The molecule has 0 spiro atoms. The maximum atomic E-state index is 12.6. The third kappa shape index (κ3) is 2.85. The second-order valence-electron chi connectivity index (χ2n) is 6.08. The summed E-state index contributed by atoms with van der Waals surface area (Å²) in [6.07, 6.45) is 2.29. The van der Waals surface area contributed by atoms with Gasteiger partial charge in [-0.25, -0.2) is 0 Å². The van der Waals surface area contributed by atoms with Crippen LogP contribution in [0.4, 0.5) is 0 Å². The summed E-state index contributed by atoms with van der Waals surface area (Å²) < 4.78 is 5.99. The Bertz CT molecular complexity index is 866. The van der Waals surface area contributed by atoms with Crippen molar-refractivity contribution < 1.29 is 9.53 Å². The van der Waals surface area contributed by atoms with Gasteiger partial charge in [-0.05, 0) is 41.3 Å². The molecule has 3 aromatic rings. The molecule has 2 heteroatoms. The van der Waals surface area contributed by atoms with E-state index in [0.29, 0.717) is 6.42 Å². The van der Waals surface area contributed by atoms with Gasteiger partial charge in [0.05, 0.1) is 0 Å². The maximum Gasteiger partial charge on any atom is 0.166 e. The smallest absolute Gasteiger partial charge is 0.166 e. The Morgan fingerprint density at radius 1 is 0.957 bits per heavy atom. The van der Waals surface area contributed by atoms with Crippen molar-refractivity contribution in [3.63, 3.8) is 0 Å². The van der Waals surface area contributed by atoms with Crippen molar-refractivity contribution in [2.75, 3.05) is 0 Å². The minimum Gasteiger partial charge on any atom is -0.490 e. The van der Waals surface area contributed by atoms with Crippen molar-refractivity contribution >= 4 is 16.6 Å². The average molecular weight is 302 g/mol. The van der Waals surface area contributed by atoms with Crippen molar-refractivity contribution in [1.29, 1.82) is 0 Å². The lowest BCUT2D eigenvalue weighted by Gasteiger charge is -2.25. The molecule has 0 aliphatic carbocycles. The summed E-state index contributed by atoms with van der Waals surface area (Å²) in [5, 5.41) is 2.26. The number of carbonyl (C=O) groups excluding carboxylic acids is 1. The molecule has 0 radical (unpaired) electrons. The number of carbonyl (C=O) groups is 1. The van der Waals surface area contributed by atoms with E-state index in [-0.39, 0.29) is 11.9 Å². The van der Waals surface area contributed by atoms with Crippen LogP contribution in [0.3, 0.4) is 0 Å². The molecule has 4 rings (SSSR count). The Kier molecular flexibility index (Phi) is 3.58. The Morgan fingerprint density at radius 3 is 2.65 bits per heavy atom. The highest BCUT2D eigenvalue weighted by molar-refractivity contribution is 6.00. The monoisotopic (exact) mass is 302 g/mol. The zero-order valence-corrected chi connectivity index (χ0v) is 12.9. The zero-order chi connectivity index (χ0) is 15.6. The molecular formula is C21H18O2. The quantitative estimate of drug-likeness (QED) is 0.649. The molecule has 2 nitrogen and oxygen atoms in total. The van der Waals surface area contributed by atoms with E-state index in [2.05, 4.69) is 12.1 Å². The highest BCUT2D eigenvalue weighted by atomic mass is 16.5. The van der Waals surface area contributed by atoms with E-state index in [1.165, 1.54) is 5.56 Å². The number of para-hydroxylation sites is 1. The molecule has 1 aliphatic rings. The van der Waals surface area contributed by atoms with Gasteiger partial charge in [-0.3, -0.25) is 4.79 Å². The average Bonchev–Trinajstić information content (AvgIpc) is 2.61. The Balaban J connectivity index is 1.51. The van der Waals surface area contributed by atoms with Gasteiger partial charge in [-0.15, -0.1) is 0 Å². The fourth-order valence-corrected chi connectivity index (χ4v) is 3.21. The van der Waals surface area contributed by atoms with Gasteiger partial charge in [-0.1, -0.05) is 54.6 Å². The van der Waals surface area contributed by atoms with Gasteiger partial charge in [0.25, 0.3) is 0 Å². The first-order chi connectivity index (χ1) is 11.3. The van der Waals surface area contributed by atoms with Gasteiger partial charge in [-0.2, -0.15) is 0 Å². The molecule has 23 heavy (non-hydrogen) atoms. The molecule has 3 aromatic carbocycles. The number of hydrogen-bond acceptors (Lipinski definition) is 2. The summed E-state index contributed by atoms with van der Waals surface area (Å²) in [6, 6.07) is 22.1. The van der Waals surface area contributed by atoms with E-state index in [1.54, 1.807) is 0 Å². The first-order valence-corrected chi connectivity index (χ1v) is 8.06. The molecule has 1 atom stereocenters. The van der Waals surface area contributed by atoms with E-state index >= 15 is 0 Å². The van der Waals surface area contributed by atoms with Crippen LogP contribution in [-0.2, 0) is 6.42 Å². The first kappa shape index (κ1) is 14.0. The summed E-state index contributed by atoms with van der Waals surface area (Å²) >= 11 is 0. The van der Waals surface area contributed by atoms with Gasteiger partial charge < -0.3 is 4.74 Å². The molecule has 0 bridgehead atoms. The summed E-state index contributed by atoms with van der Waals surface area (Å²) in [4.78, 5) is 12.6. The molecular weight excluding hydrogens is 284 g/mol. The Hall–Kier alpha value is -2.61. The standard InChI is InChI=1S/C21H18O2/c22-20(18-10-9-15-5-1-2-7-17(15)13-18)14-19-12-11-16-6-3-4-8-21(16)23-19/h1-10,13,19H,11-12,14H2/t19-/m1/s1. The zero-order valence-electron chi connectivity index (χ0n) is 12.9. The number of ether oxygens (including phenoxy) is 1. The Labute approximate surface area is 135 Å². The molecule has 0 aromatic heterocycles. The highest BCUT2D eigenvalue weighted by Gasteiger charge is 2.22. The first-order valence-electron chi connectivity index (χ1n) is 8.06. The van der Waals surface area contributed by atoms with Gasteiger partial charge in [0.1, 0.15) is 11.9 Å². The van der Waals surface area contributed by atoms with E-state index in [4.69, 9.17) is 4.74 Å². The van der Waals surface area contributed by atoms with Crippen LogP contribution >= 0.6 is 0 Å². The van der Waals surface area contributed by atoms with Gasteiger partial charge in [0, 0.05) is 12.0 Å². The van der Waals surface area contributed by atoms with Crippen LogP contribution in [0.15, 0.2) is 66.7 Å². The summed E-state index contributed by atoms with van der Waals surface area (Å²) in [6.45, 7) is 0. The molecule has 1 aliphatic heterocycles. The summed E-state index contributed by atoms with van der Waals surface area (Å²) in [7, 11) is 0. The lowest BCUT2D eigenvalue weighted by molar-refractivity contribution is 0.0884. The van der Waals surface area contributed by atoms with E-state index in [0.717, 1.165) is 34.9 Å². The summed E-state index contributed by atoms with van der Waals surface area (Å²) in [5.41, 5.74) is 2.01. The predicted octanol–water partition coefficient (Wildman–Crippen LogP) is 4.81. The predicted molar refractivity (Wildman–Crippen MR) is 92.1 cm³/mol. The third-order valence-corrected chi connectivity index (χ3v) is 4.49. The third-order valence-electron chi connectivity index (χ3n) is 4.49. The van der Waals surface area contributed by atoms with Crippen LogP contribution in [0, 0.1) is 0 Å². The van der Waals surface area contributed by atoms with Crippen molar-refractivity contribution in [3.05, 3.63) is 77.9 Å². The number of benzene rings is 3. The van der Waals surface area contributed by atoms with Crippen LogP contribution in [0.5, 0.6) is 5.75 Å². The van der Waals surface area contributed by atoms with Crippen LogP contribution in [0.1, 0.15) is 28.8 Å². The molecule has 0 unspecified atom stereocenters. The largest absolute Gasteiger partial charge is 0.490 e. The Morgan fingerprint density at radius 2 is 1.74 bits per heavy atom. The van der Waals surface area contributed by atoms with Crippen molar-refractivity contribution in [2.24, 2.45) is 0 Å². The van der Waals surface area contributed by atoms with Crippen LogP contribution in [-0.4, -0.2) is 11.9 Å². The number of rotatable bonds is 3. The van der Waals surface area contributed by atoms with E-state index in [9.17, 15) is 4.79 Å². The number of Topliss-reactive ketones (excluding diaryl/α,β-unsaturated/α-hetero) is 1. The minimum atomic E-state index is -0.0242. The van der Waals surface area contributed by atoms with Crippen molar-refractivity contribution in [3.8, 4) is 5.75 Å². The fraction of sp³-hybridized carbons (Fsp3) is 0.190. The van der Waals surface area contributed by atoms with Crippen LogP contribution < -0.4 is 4.74 Å². The number of aryl methyl sites for hydroxylation is 1. The van der Waals surface area contributed by atoms with Gasteiger partial charge >= 0.3 is 0 Å². The van der Waals surface area contributed by atoms with Gasteiger partial charge in [0.15, 0.2) is 5.78 Å². The van der Waals surface area contributed by atoms with Crippen molar-refractivity contribution in [1.82, 2.24) is 0 Å². The lowest BCUT2D eigenvalue weighted by atomic mass is 9.96.